The highest BCUT2D eigenvalue weighted by Gasteiger charge is 2.01. The lowest BCUT2D eigenvalue weighted by Gasteiger charge is -2.02. The van der Waals surface area contributed by atoms with Crippen LogP contribution in [0.3, 0.4) is 0 Å². The van der Waals surface area contributed by atoms with Gasteiger partial charge < -0.3 is 5.73 Å². The Labute approximate surface area is 66.3 Å². The highest BCUT2D eigenvalue weighted by molar-refractivity contribution is 5.27. The van der Waals surface area contributed by atoms with E-state index in [1.165, 1.54) is 0 Å². The van der Waals surface area contributed by atoms with E-state index in [9.17, 15) is 0 Å². The third kappa shape index (κ3) is 1.79. The summed E-state index contributed by atoms with van der Waals surface area (Å²) in [5.74, 6) is 0. The average molecular weight is 146 g/mol. The van der Waals surface area contributed by atoms with Gasteiger partial charge in [-0.05, 0) is 12.5 Å². The van der Waals surface area contributed by atoms with E-state index < -0.39 is 6.04 Å². The van der Waals surface area contributed by atoms with Crippen LogP contribution in [0, 0.1) is 18.3 Å². The SMILES string of the molecule is Cc1cccc([C@H](N)C#N)c1. The van der Waals surface area contributed by atoms with Crippen LogP contribution in [-0.2, 0) is 0 Å². The molecular formula is C9H10N2. The fourth-order valence-electron chi connectivity index (χ4n) is 0.938. The van der Waals surface area contributed by atoms with Crippen LogP contribution in [0.25, 0.3) is 0 Å². The molecular weight excluding hydrogens is 136 g/mol. The molecule has 0 aliphatic carbocycles. The molecule has 0 saturated carbocycles. The van der Waals surface area contributed by atoms with Crippen LogP contribution in [0.15, 0.2) is 24.3 Å². The van der Waals surface area contributed by atoms with Crippen LogP contribution in [0.1, 0.15) is 17.2 Å². The largest absolute Gasteiger partial charge is 0.312 e. The predicted molar refractivity (Wildman–Crippen MR) is 43.7 cm³/mol. The standard InChI is InChI=1S/C9H10N2/c1-7-3-2-4-8(5-7)9(11)6-10/h2-5,9H,11H2,1H3/t9-/m1/s1. The maximum absolute atomic E-state index is 8.50. The molecule has 0 heterocycles. The Morgan fingerprint density at radius 3 is 2.82 bits per heavy atom. The number of aryl methyl sites for hydroxylation is 1. The van der Waals surface area contributed by atoms with E-state index in [2.05, 4.69) is 0 Å². The Morgan fingerprint density at radius 1 is 1.55 bits per heavy atom. The molecule has 0 aromatic heterocycles. The maximum atomic E-state index is 8.50. The minimum absolute atomic E-state index is 0.491. The molecule has 0 radical (unpaired) electrons. The van der Waals surface area contributed by atoms with E-state index in [1.807, 2.05) is 37.3 Å². The van der Waals surface area contributed by atoms with Crippen molar-refractivity contribution in [1.29, 1.82) is 5.26 Å². The minimum atomic E-state index is -0.491. The van der Waals surface area contributed by atoms with Crippen LogP contribution < -0.4 is 5.73 Å². The quantitative estimate of drug-likeness (QED) is 0.653. The van der Waals surface area contributed by atoms with Crippen LogP contribution >= 0.6 is 0 Å². The molecule has 1 aromatic rings. The zero-order valence-corrected chi connectivity index (χ0v) is 6.41. The molecule has 0 saturated heterocycles. The average Bonchev–Trinajstić information content (AvgIpc) is 2.03. The third-order valence-corrected chi connectivity index (χ3v) is 1.54. The summed E-state index contributed by atoms with van der Waals surface area (Å²) in [6, 6.07) is 9.17. The van der Waals surface area contributed by atoms with Crippen molar-refractivity contribution in [2.24, 2.45) is 5.73 Å². The number of nitrogens with two attached hydrogens (primary N) is 1. The van der Waals surface area contributed by atoms with Crippen molar-refractivity contribution < 1.29 is 0 Å². The van der Waals surface area contributed by atoms with Gasteiger partial charge in [0.25, 0.3) is 0 Å². The summed E-state index contributed by atoms with van der Waals surface area (Å²) < 4.78 is 0. The van der Waals surface area contributed by atoms with Gasteiger partial charge in [-0.15, -0.1) is 0 Å². The summed E-state index contributed by atoms with van der Waals surface area (Å²) in [7, 11) is 0. The summed E-state index contributed by atoms with van der Waals surface area (Å²) in [6.07, 6.45) is 0. The second-order valence-electron chi connectivity index (χ2n) is 2.52. The Morgan fingerprint density at radius 2 is 2.27 bits per heavy atom. The molecule has 11 heavy (non-hydrogen) atoms. The number of nitrogens with zero attached hydrogens (tertiary/aromatic N) is 1. The first kappa shape index (κ1) is 7.77. The van der Waals surface area contributed by atoms with Gasteiger partial charge in [-0.1, -0.05) is 29.8 Å². The number of hydrogen-bond donors (Lipinski definition) is 1. The first-order chi connectivity index (χ1) is 5.24. The van der Waals surface area contributed by atoms with Crippen molar-refractivity contribution in [2.75, 3.05) is 0 Å². The second kappa shape index (κ2) is 3.18. The van der Waals surface area contributed by atoms with Gasteiger partial charge >= 0.3 is 0 Å². The molecule has 0 bridgehead atoms. The normalized spacial score (nSPS) is 12.1. The fraction of sp³-hybridized carbons (Fsp3) is 0.222. The van der Waals surface area contributed by atoms with Gasteiger partial charge in [-0.2, -0.15) is 5.26 Å². The van der Waals surface area contributed by atoms with E-state index in [-0.39, 0.29) is 0 Å². The molecule has 0 spiro atoms. The van der Waals surface area contributed by atoms with E-state index >= 15 is 0 Å². The molecule has 2 heteroatoms. The zero-order valence-electron chi connectivity index (χ0n) is 6.41. The Hall–Kier alpha value is -1.33. The fourth-order valence-corrected chi connectivity index (χ4v) is 0.938. The number of rotatable bonds is 1. The van der Waals surface area contributed by atoms with E-state index in [4.69, 9.17) is 11.0 Å². The summed E-state index contributed by atoms with van der Waals surface area (Å²) in [4.78, 5) is 0. The number of hydrogen-bond acceptors (Lipinski definition) is 2. The molecule has 1 aromatic carbocycles. The molecule has 0 amide bonds. The molecule has 0 aliphatic rings. The topological polar surface area (TPSA) is 49.8 Å². The number of nitriles is 1. The molecule has 2 nitrogen and oxygen atoms in total. The summed E-state index contributed by atoms with van der Waals surface area (Å²) in [6.45, 7) is 1.98. The Kier molecular flexibility index (Phi) is 2.25. The zero-order chi connectivity index (χ0) is 8.27. The Bertz CT molecular complexity index is 286. The van der Waals surface area contributed by atoms with E-state index in [0.29, 0.717) is 0 Å². The molecule has 0 fully saturated rings. The van der Waals surface area contributed by atoms with Crippen molar-refractivity contribution in [1.82, 2.24) is 0 Å². The lowest BCUT2D eigenvalue weighted by Crippen LogP contribution is -2.06. The van der Waals surface area contributed by atoms with Gasteiger partial charge in [0.1, 0.15) is 6.04 Å². The highest BCUT2D eigenvalue weighted by Crippen LogP contribution is 2.10. The summed E-state index contributed by atoms with van der Waals surface area (Å²) >= 11 is 0. The van der Waals surface area contributed by atoms with Crippen LogP contribution in [-0.4, -0.2) is 0 Å². The van der Waals surface area contributed by atoms with Gasteiger partial charge in [0.15, 0.2) is 0 Å². The van der Waals surface area contributed by atoms with Gasteiger partial charge in [0.05, 0.1) is 6.07 Å². The molecule has 1 atom stereocenters. The van der Waals surface area contributed by atoms with Crippen LogP contribution in [0.2, 0.25) is 0 Å². The number of benzene rings is 1. The van der Waals surface area contributed by atoms with Crippen LogP contribution in [0.5, 0.6) is 0 Å². The van der Waals surface area contributed by atoms with E-state index in [0.717, 1.165) is 11.1 Å². The molecule has 0 unspecified atom stereocenters. The van der Waals surface area contributed by atoms with Crippen molar-refractivity contribution in [3.63, 3.8) is 0 Å². The molecule has 56 valence electrons. The van der Waals surface area contributed by atoms with Crippen molar-refractivity contribution >= 4 is 0 Å². The molecule has 0 aliphatic heterocycles. The van der Waals surface area contributed by atoms with Crippen molar-refractivity contribution in [2.45, 2.75) is 13.0 Å². The van der Waals surface area contributed by atoms with Crippen molar-refractivity contribution in [3.05, 3.63) is 35.4 Å². The minimum Gasteiger partial charge on any atom is -0.312 e. The van der Waals surface area contributed by atoms with E-state index in [1.54, 1.807) is 0 Å². The third-order valence-electron chi connectivity index (χ3n) is 1.54. The Balaban J connectivity index is 2.98. The first-order valence-corrected chi connectivity index (χ1v) is 3.46. The van der Waals surface area contributed by atoms with Gasteiger partial charge in [-0.25, -0.2) is 0 Å². The summed E-state index contributed by atoms with van der Waals surface area (Å²) in [5, 5.41) is 8.50. The first-order valence-electron chi connectivity index (χ1n) is 3.46. The predicted octanol–water partition coefficient (Wildman–Crippen LogP) is 1.52. The highest BCUT2D eigenvalue weighted by atomic mass is 14.6. The van der Waals surface area contributed by atoms with Crippen molar-refractivity contribution in [3.8, 4) is 6.07 Å². The smallest absolute Gasteiger partial charge is 0.118 e. The lowest BCUT2D eigenvalue weighted by atomic mass is 10.1. The van der Waals surface area contributed by atoms with Crippen LogP contribution in [0.4, 0.5) is 0 Å². The van der Waals surface area contributed by atoms with Gasteiger partial charge in [0, 0.05) is 0 Å². The lowest BCUT2D eigenvalue weighted by molar-refractivity contribution is 0.924. The second-order valence-corrected chi connectivity index (χ2v) is 2.52. The molecule has 2 N–H and O–H groups in total. The molecule has 1 rings (SSSR count). The van der Waals surface area contributed by atoms with Gasteiger partial charge in [0.2, 0.25) is 0 Å². The summed E-state index contributed by atoms with van der Waals surface area (Å²) in [5.41, 5.74) is 7.52. The maximum Gasteiger partial charge on any atom is 0.118 e. The monoisotopic (exact) mass is 146 g/mol. The van der Waals surface area contributed by atoms with Gasteiger partial charge in [-0.3, -0.25) is 0 Å².